The Morgan fingerprint density at radius 3 is 2.56 bits per heavy atom. The number of carbonyl (C=O) groups is 1. The van der Waals surface area contributed by atoms with Crippen molar-refractivity contribution in [1.82, 2.24) is 19.7 Å². The molecule has 0 radical (unpaired) electrons. The van der Waals surface area contributed by atoms with E-state index in [1.807, 2.05) is 45.9 Å². The van der Waals surface area contributed by atoms with Crippen LogP contribution in [0.1, 0.15) is 34.3 Å². The van der Waals surface area contributed by atoms with Gasteiger partial charge in [-0.05, 0) is 49.1 Å². The minimum atomic E-state index is 0.144. The van der Waals surface area contributed by atoms with Gasteiger partial charge in [0.1, 0.15) is 6.33 Å². The van der Waals surface area contributed by atoms with Crippen LogP contribution in [0.3, 0.4) is 0 Å². The van der Waals surface area contributed by atoms with Crippen LogP contribution in [0, 0.1) is 6.92 Å². The number of nitrogens with zero attached hydrogens (tertiary/aromatic N) is 4. The summed E-state index contributed by atoms with van der Waals surface area (Å²) < 4.78 is 2.02. The quantitative estimate of drug-likeness (QED) is 0.627. The van der Waals surface area contributed by atoms with E-state index >= 15 is 0 Å². The number of hydrogen-bond donors (Lipinski definition) is 0. The van der Waals surface area contributed by atoms with Gasteiger partial charge < -0.3 is 4.90 Å². The zero-order valence-electron chi connectivity index (χ0n) is 15.3. The van der Waals surface area contributed by atoms with E-state index in [4.69, 9.17) is 0 Å². The number of rotatable bonds is 5. The molecule has 0 saturated carbocycles. The van der Waals surface area contributed by atoms with Crippen LogP contribution in [-0.2, 0) is 5.75 Å². The summed E-state index contributed by atoms with van der Waals surface area (Å²) in [4.78, 5) is 14.4. The minimum absolute atomic E-state index is 0.144. The summed E-state index contributed by atoms with van der Waals surface area (Å²) in [5, 5.41) is 9.20. The molecule has 0 spiro atoms. The number of amides is 1. The zero-order valence-corrected chi connectivity index (χ0v) is 16.2. The number of aromatic nitrogens is 3. The maximum absolute atomic E-state index is 12.4. The van der Waals surface area contributed by atoms with Gasteiger partial charge in [0.25, 0.3) is 5.91 Å². The third kappa shape index (κ3) is 3.90. The molecule has 1 aliphatic heterocycles. The standard InChI is InChI=1S/C21H22N4OS/c1-16-6-2-3-7-19(16)25-15-22-23-21(25)27-14-17-8-10-18(11-9-17)20(26)24-12-4-5-13-24/h2-3,6-11,15H,4-5,12-14H2,1H3. The first kappa shape index (κ1) is 17.8. The fourth-order valence-electron chi connectivity index (χ4n) is 3.32. The lowest BCUT2D eigenvalue weighted by molar-refractivity contribution is 0.0793. The van der Waals surface area contributed by atoms with E-state index in [0.717, 1.165) is 53.7 Å². The molecule has 1 fully saturated rings. The smallest absolute Gasteiger partial charge is 0.253 e. The molecule has 6 heteroatoms. The molecule has 0 N–H and O–H groups in total. The van der Waals surface area contributed by atoms with Crippen LogP contribution in [-0.4, -0.2) is 38.7 Å². The molecule has 27 heavy (non-hydrogen) atoms. The first-order chi connectivity index (χ1) is 13.2. The van der Waals surface area contributed by atoms with Crippen molar-refractivity contribution in [2.24, 2.45) is 0 Å². The van der Waals surface area contributed by atoms with Crippen LogP contribution in [0.4, 0.5) is 0 Å². The summed E-state index contributed by atoms with van der Waals surface area (Å²) in [6.45, 7) is 3.84. The molecule has 4 rings (SSSR count). The average molecular weight is 379 g/mol. The molecular weight excluding hydrogens is 356 g/mol. The van der Waals surface area contributed by atoms with Crippen LogP contribution < -0.4 is 0 Å². The monoisotopic (exact) mass is 378 g/mol. The number of para-hydroxylation sites is 1. The molecular formula is C21H22N4OS. The normalized spacial score (nSPS) is 13.9. The predicted octanol–water partition coefficient (Wildman–Crippen LogP) is 4.10. The van der Waals surface area contributed by atoms with Gasteiger partial charge in [-0.1, -0.05) is 42.1 Å². The van der Waals surface area contributed by atoms with E-state index in [9.17, 15) is 4.79 Å². The molecule has 5 nitrogen and oxygen atoms in total. The summed E-state index contributed by atoms with van der Waals surface area (Å²) >= 11 is 1.64. The highest BCUT2D eigenvalue weighted by molar-refractivity contribution is 7.98. The Morgan fingerprint density at radius 2 is 1.81 bits per heavy atom. The predicted molar refractivity (Wildman–Crippen MR) is 107 cm³/mol. The minimum Gasteiger partial charge on any atom is -0.339 e. The largest absolute Gasteiger partial charge is 0.339 e. The lowest BCUT2D eigenvalue weighted by Crippen LogP contribution is -2.27. The second kappa shape index (κ2) is 7.96. The Balaban J connectivity index is 1.43. The van der Waals surface area contributed by atoms with E-state index in [1.54, 1.807) is 18.1 Å². The Labute approximate surface area is 163 Å². The summed E-state index contributed by atoms with van der Waals surface area (Å²) in [5.41, 5.74) is 4.21. The fourth-order valence-corrected chi connectivity index (χ4v) is 4.19. The Bertz CT molecular complexity index is 929. The Hall–Kier alpha value is -2.60. The Kier molecular flexibility index (Phi) is 5.25. The van der Waals surface area contributed by atoms with Gasteiger partial charge in [-0.15, -0.1) is 10.2 Å². The van der Waals surface area contributed by atoms with Crippen molar-refractivity contribution in [1.29, 1.82) is 0 Å². The van der Waals surface area contributed by atoms with E-state index < -0.39 is 0 Å². The van der Waals surface area contributed by atoms with E-state index in [-0.39, 0.29) is 5.91 Å². The van der Waals surface area contributed by atoms with E-state index in [0.29, 0.717) is 0 Å². The maximum Gasteiger partial charge on any atom is 0.253 e. The summed E-state index contributed by atoms with van der Waals surface area (Å²) in [6, 6.07) is 16.1. The van der Waals surface area contributed by atoms with Crippen LogP contribution in [0.25, 0.3) is 5.69 Å². The van der Waals surface area contributed by atoms with Gasteiger partial charge in [-0.3, -0.25) is 9.36 Å². The van der Waals surface area contributed by atoms with Gasteiger partial charge in [-0.25, -0.2) is 0 Å². The molecule has 0 atom stereocenters. The number of carbonyl (C=O) groups excluding carboxylic acids is 1. The lowest BCUT2D eigenvalue weighted by atomic mass is 10.1. The number of hydrogen-bond acceptors (Lipinski definition) is 4. The van der Waals surface area contributed by atoms with Crippen LogP contribution in [0.2, 0.25) is 0 Å². The topological polar surface area (TPSA) is 51.0 Å². The molecule has 1 aromatic heterocycles. The second-order valence-corrected chi connectivity index (χ2v) is 7.70. The van der Waals surface area contributed by atoms with Crippen molar-refractivity contribution in [3.8, 4) is 5.69 Å². The molecule has 2 aromatic carbocycles. The van der Waals surface area contributed by atoms with Crippen molar-refractivity contribution in [2.45, 2.75) is 30.7 Å². The molecule has 138 valence electrons. The van der Waals surface area contributed by atoms with Gasteiger partial charge in [-0.2, -0.15) is 0 Å². The lowest BCUT2D eigenvalue weighted by Gasteiger charge is -2.15. The van der Waals surface area contributed by atoms with Crippen molar-refractivity contribution in [3.63, 3.8) is 0 Å². The first-order valence-electron chi connectivity index (χ1n) is 9.19. The zero-order chi connectivity index (χ0) is 18.6. The average Bonchev–Trinajstić information content (AvgIpc) is 3.39. The highest BCUT2D eigenvalue weighted by Gasteiger charge is 2.19. The number of thioether (sulfide) groups is 1. The van der Waals surface area contributed by atoms with Gasteiger partial charge in [0.2, 0.25) is 0 Å². The van der Waals surface area contributed by atoms with Crippen molar-refractivity contribution < 1.29 is 4.79 Å². The van der Waals surface area contributed by atoms with Crippen LogP contribution >= 0.6 is 11.8 Å². The van der Waals surface area contributed by atoms with Crippen LogP contribution in [0.5, 0.6) is 0 Å². The van der Waals surface area contributed by atoms with Gasteiger partial charge in [0.05, 0.1) is 5.69 Å². The van der Waals surface area contributed by atoms with Crippen LogP contribution in [0.15, 0.2) is 60.0 Å². The highest BCUT2D eigenvalue weighted by Crippen LogP contribution is 2.25. The SMILES string of the molecule is Cc1ccccc1-n1cnnc1SCc1ccc(C(=O)N2CCCC2)cc1. The number of likely N-dealkylation sites (tertiary alicyclic amines) is 1. The van der Waals surface area contributed by atoms with E-state index in [1.165, 1.54) is 5.56 Å². The molecule has 1 amide bonds. The fraction of sp³-hybridized carbons (Fsp3) is 0.286. The summed E-state index contributed by atoms with van der Waals surface area (Å²) in [7, 11) is 0. The van der Waals surface area contributed by atoms with Crippen molar-refractivity contribution in [2.75, 3.05) is 13.1 Å². The maximum atomic E-state index is 12.4. The molecule has 1 saturated heterocycles. The van der Waals surface area contributed by atoms with Gasteiger partial charge >= 0.3 is 0 Å². The van der Waals surface area contributed by atoms with Crippen molar-refractivity contribution in [3.05, 3.63) is 71.5 Å². The van der Waals surface area contributed by atoms with E-state index in [2.05, 4.69) is 29.3 Å². The number of benzene rings is 2. The second-order valence-electron chi connectivity index (χ2n) is 6.75. The molecule has 1 aliphatic rings. The van der Waals surface area contributed by atoms with Gasteiger partial charge in [0.15, 0.2) is 5.16 Å². The molecule has 3 aromatic rings. The van der Waals surface area contributed by atoms with Gasteiger partial charge in [0, 0.05) is 24.4 Å². The molecule has 0 bridgehead atoms. The molecule has 0 unspecified atom stereocenters. The van der Waals surface area contributed by atoms with Crippen molar-refractivity contribution >= 4 is 17.7 Å². The third-order valence-corrected chi connectivity index (χ3v) is 5.87. The molecule has 0 aliphatic carbocycles. The third-order valence-electron chi connectivity index (χ3n) is 4.85. The summed E-state index contributed by atoms with van der Waals surface area (Å²) in [5.74, 6) is 0.925. The first-order valence-corrected chi connectivity index (χ1v) is 10.2. The Morgan fingerprint density at radius 1 is 1.07 bits per heavy atom. The summed E-state index contributed by atoms with van der Waals surface area (Å²) in [6.07, 6.45) is 3.98. The number of aryl methyl sites for hydroxylation is 1. The highest BCUT2D eigenvalue weighted by atomic mass is 32.2. The molecule has 2 heterocycles.